The van der Waals surface area contributed by atoms with Gasteiger partial charge in [-0.1, -0.05) is 61.7 Å². The lowest BCUT2D eigenvalue weighted by Crippen LogP contribution is -2.50. The molecule has 0 unspecified atom stereocenters. The molecule has 0 bridgehead atoms. The van der Waals surface area contributed by atoms with Gasteiger partial charge in [-0.05, 0) is 41.5 Å². The zero-order chi connectivity index (χ0) is 33.1. The fraction of sp³-hybridized carbons (Fsp3) is 0.194. The lowest BCUT2D eigenvalue weighted by Gasteiger charge is -2.33. The fourth-order valence-electron chi connectivity index (χ4n) is 3.55. The Labute approximate surface area is 247 Å². The summed E-state index contributed by atoms with van der Waals surface area (Å²) >= 11 is 0. The van der Waals surface area contributed by atoms with Gasteiger partial charge in [-0.25, -0.2) is 8.78 Å². The van der Waals surface area contributed by atoms with E-state index >= 15 is 0 Å². The molecule has 0 aliphatic rings. The van der Waals surface area contributed by atoms with Crippen LogP contribution in [0.15, 0.2) is 127 Å². The minimum Gasteiger partial charge on any atom is -0.494 e. The van der Waals surface area contributed by atoms with Crippen molar-refractivity contribution in [2.45, 2.75) is 30.7 Å². The predicted molar refractivity (Wildman–Crippen MR) is 146 cm³/mol. The van der Waals surface area contributed by atoms with Crippen molar-refractivity contribution < 1.29 is 53.8 Å². The van der Waals surface area contributed by atoms with Crippen molar-refractivity contribution >= 4 is 5.91 Å². The zero-order valence-corrected chi connectivity index (χ0v) is 23.0. The van der Waals surface area contributed by atoms with Crippen LogP contribution in [0.4, 0.5) is 39.5 Å². The first kappa shape index (κ1) is 35.5. The Morgan fingerprint density at radius 1 is 1.00 bits per heavy atom. The van der Waals surface area contributed by atoms with Crippen LogP contribution in [0.25, 0.3) is 0 Å². The number of hydrogen-bond acceptors (Lipinski definition) is 3. The van der Waals surface area contributed by atoms with Gasteiger partial charge >= 0.3 is 18.7 Å². The molecule has 2 aromatic carbocycles. The Hall–Kier alpha value is -4.68. The molecule has 0 aromatic heterocycles. The van der Waals surface area contributed by atoms with Crippen molar-refractivity contribution in [1.29, 1.82) is 0 Å². The van der Waals surface area contributed by atoms with Crippen molar-refractivity contribution in [2.24, 2.45) is 0 Å². The number of ether oxygens (including phenoxy) is 2. The largest absolute Gasteiger partial charge is 0.494 e. The molecule has 2 rings (SSSR count). The first-order valence-corrected chi connectivity index (χ1v) is 12.4. The highest BCUT2D eigenvalue weighted by Crippen LogP contribution is 2.31. The zero-order valence-electron chi connectivity index (χ0n) is 23.0. The van der Waals surface area contributed by atoms with Crippen LogP contribution in [0.2, 0.25) is 0 Å². The highest BCUT2D eigenvalue weighted by atomic mass is 19.4. The normalized spacial score (nSPS) is 14.5. The van der Waals surface area contributed by atoms with Crippen molar-refractivity contribution in [3.8, 4) is 0 Å². The van der Waals surface area contributed by atoms with E-state index < -0.39 is 52.9 Å². The molecule has 0 aliphatic heterocycles. The molecule has 0 fully saturated rings. The number of halogens is 9. The second kappa shape index (κ2) is 15.2. The summed E-state index contributed by atoms with van der Waals surface area (Å²) in [6, 6.07) is 11.5. The molecule has 0 spiro atoms. The maximum Gasteiger partial charge on any atom is 0.460 e. The summed E-state index contributed by atoms with van der Waals surface area (Å²) in [6.07, 6.45) is -10.1. The Bertz CT molecular complexity index is 1440. The van der Waals surface area contributed by atoms with Gasteiger partial charge < -0.3 is 14.8 Å². The summed E-state index contributed by atoms with van der Waals surface area (Å²) < 4.78 is 128. The van der Waals surface area contributed by atoms with Crippen LogP contribution >= 0.6 is 0 Å². The van der Waals surface area contributed by atoms with Crippen LogP contribution < -0.4 is 5.32 Å². The first-order chi connectivity index (χ1) is 20.5. The second-order valence-corrected chi connectivity index (χ2v) is 9.00. The van der Waals surface area contributed by atoms with E-state index in [9.17, 15) is 44.3 Å². The van der Waals surface area contributed by atoms with E-state index in [2.05, 4.69) is 23.2 Å². The van der Waals surface area contributed by atoms with E-state index in [0.717, 1.165) is 43.5 Å². The minimum atomic E-state index is -4.91. The standard InChI is InChI=1S/C31H26F9NO3/c1-20(17-25(32)14-16-44-31(39,40)28(34)35)29(19-22-9-5-4-6-10-22,15-8-13-26(33)21(2)43-3)41-27(42)23-11-7-12-24(18-23)30(36,37)38/h4-18,28H,1-2,19H2,3H3,(H,41,42)/t29-/m0/s1. The molecule has 0 radical (unpaired) electrons. The van der Waals surface area contributed by atoms with Gasteiger partial charge in [-0.3, -0.25) is 4.79 Å². The average molecular weight is 632 g/mol. The molecular formula is C31H26F9NO3. The summed E-state index contributed by atoms with van der Waals surface area (Å²) in [7, 11) is 1.15. The van der Waals surface area contributed by atoms with Crippen molar-refractivity contribution in [2.75, 3.05) is 7.11 Å². The third kappa shape index (κ3) is 10.2. The number of rotatable bonds is 14. The second-order valence-electron chi connectivity index (χ2n) is 9.00. The van der Waals surface area contributed by atoms with Crippen LogP contribution in [-0.2, 0) is 22.1 Å². The van der Waals surface area contributed by atoms with E-state index in [1.54, 1.807) is 30.3 Å². The molecule has 0 saturated heterocycles. The smallest absolute Gasteiger partial charge is 0.460 e. The van der Waals surface area contributed by atoms with Gasteiger partial charge in [-0.15, -0.1) is 0 Å². The number of amides is 1. The van der Waals surface area contributed by atoms with Gasteiger partial charge in [0.1, 0.15) is 11.6 Å². The maximum absolute atomic E-state index is 14.8. The number of nitrogens with one attached hydrogen (secondary N) is 1. The molecule has 1 amide bonds. The predicted octanol–water partition coefficient (Wildman–Crippen LogP) is 8.78. The van der Waals surface area contributed by atoms with E-state index in [4.69, 9.17) is 4.74 Å². The Morgan fingerprint density at radius 3 is 2.25 bits per heavy atom. The van der Waals surface area contributed by atoms with Gasteiger partial charge in [0.15, 0.2) is 5.83 Å². The summed E-state index contributed by atoms with van der Waals surface area (Å²) in [6.45, 7) is 7.08. The number of allylic oxidation sites excluding steroid dienone is 5. The van der Waals surface area contributed by atoms with Gasteiger partial charge in [0.2, 0.25) is 0 Å². The summed E-state index contributed by atoms with van der Waals surface area (Å²) in [5, 5.41) is 2.51. The lowest BCUT2D eigenvalue weighted by atomic mass is 9.82. The molecular weight excluding hydrogens is 605 g/mol. The van der Waals surface area contributed by atoms with Gasteiger partial charge in [-0.2, -0.15) is 30.7 Å². The molecule has 0 aliphatic carbocycles. The van der Waals surface area contributed by atoms with E-state index in [1.165, 1.54) is 0 Å². The third-order valence-electron chi connectivity index (χ3n) is 5.84. The van der Waals surface area contributed by atoms with Gasteiger partial charge in [0, 0.05) is 18.1 Å². The molecule has 1 atom stereocenters. The molecule has 1 N–H and O–H groups in total. The van der Waals surface area contributed by atoms with Gasteiger partial charge in [0.25, 0.3) is 5.91 Å². The molecule has 44 heavy (non-hydrogen) atoms. The molecule has 4 nitrogen and oxygen atoms in total. The highest BCUT2D eigenvalue weighted by Gasteiger charge is 2.43. The maximum atomic E-state index is 14.8. The monoisotopic (exact) mass is 631 g/mol. The molecule has 236 valence electrons. The van der Waals surface area contributed by atoms with Gasteiger partial charge in [0.05, 0.1) is 24.5 Å². The summed E-state index contributed by atoms with van der Waals surface area (Å²) in [4.78, 5) is 13.3. The number of methoxy groups -OCH3 is 1. The number of alkyl halides is 7. The number of benzene rings is 2. The minimum absolute atomic E-state index is 0.0182. The van der Waals surface area contributed by atoms with Crippen LogP contribution in [0, 0.1) is 0 Å². The fourth-order valence-corrected chi connectivity index (χ4v) is 3.55. The van der Waals surface area contributed by atoms with E-state index in [0.29, 0.717) is 17.7 Å². The first-order valence-electron chi connectivity index (χ1n) is 12.4. The summed E-state index contributed by atoms with van der Waals surface area (Å²) in [5.41, 5.74) is -3.32. The molecule has 0 saturated carbocycles. The Kier molecular flexibility index (Phi) is 12.2. The molecule has 0 heterocycles. The average Bonchev–Trinajstić information content (AvgIpc) is 2.96. The van der Waals surface area contributed by atoms with E-state index in [-0.39, 0.29) is 30.1 Å². The van der Waals surface area contributed by atoms with Crippen LogP contribution in [0.5, 0.6) is 0 Å². The third-order valence-corrected chi connectivity index (χ3v) is 5.84. The summed E-state index contributed by atoms with van der Waals surface area (Å²) in [5.74, 6) is -3.75. The van der Waals surface area contributed by atoms with Crippen molar-refractivity contribution in [3.63, 3.8) is 0 Å². The van der Waals surface area contributed by atoms with Crippen molar-refractivity contribution in [3.05, 3.63) is 144 Å². The van der Waals surface area contributed by atoms with Crippen LogP contribution in [-0.4, -0.2) is 31.1 Å². The van der Waals surface area contributed by atoms with Crippen LogP contribution in [0.1, 0.15) is 21.5 Å². The van der Waals surface area contributed by atoms with Crippen molar-refractivity contribution in [1.82, 2.24) is 5.32 Å². The topological polar surface area (TPSA) is 47.6 Å². The highest BCUT2D eigenvalue weighted by molar-refractivity contribution is 5.95. The number of hydrogen-bond donors (Lipinski definition) is 1. The number of carbonyl (C=O) groups excluding carboxylic acids is 1. The lowest BCUT2D eigenvalue weighted by molar-refractivity contribution is -0.274. The SMILES string of the molecule is C=C(OC)C(F)=CC=C[C@@](Cc1ccccc1)(NC(=O)c1cccc(C(F)(F)F)c1)C(=C)C=C(F)C=COC(F)(F)C(F)F. The Morgan fingerprint density at radius 2 is 1.66 bits per heavy atom. The molecule has 13 heteroatoms. The van der Waals surface area contributed by atoms with Crippen LogP contribution in [0.3, 0.4) is 0 Å². The Balaban J connectivity index is 2.66. The quantitative estimate of drug-likeness (QED) is 0.129. The number of carbonyl (C=O) groups is 1. The van der Waals surface area contributed by atoms with E-state index in [1.807, 2.05) is 0 Å². The molecule has 2 aromatic rings.